The van der Waals surface area contributed by atoms with Crippen molar-refractivity contribution in [1.29, 1.82) is 0 Å². The second-order valence-electron chi connectivity index (χ2n) is 24.4. The van der Waals surface area contributed by atoms with Gasteiger partial charge in [-0.25, -0.2) is 67.3 Å². The van der Waals surface area contributed by atoms with E-state index in [1.807, 2.05) is 0 Å². The number of hydrogen-bond donors (Lipinski definition) is 17. The third kappa shape index (κ3) is 53.2. The van der Waals surface area contributed by atoms with Gasteiger partial charge in [-0.05, 0) is 120 Å². The molecule has 684 valence electrons. The summed E-state index contributed by atoms with van der Waals surface area (Å²) in [6, 6.07) is 13.3. The van der Waals surface area contributed by atoms with Gasteiger partial charge < -0.3 is 126 Å². The van der Waals surface area contributed by atoms with Gasteiger partial charge in [0, 0.05) is 62.0 Å². The zero-order valence-corrected chi connectivity index (χ0v) is 94.5. The fraction of sp³-hybridized carbons (Fsp3) is 0.344. The van der Waals surface area contributed by atoms with E-state index >= 15 is 0 Å². The van der Waals surface area contributed by atoms with Gasteiger partial charge in [0.15, 0.2) is 0 Å². The topological polar surface area (TPSA) is 880 Å². The minimum absolute atomic E-state index is 0. The number of nitrogens with one attached hydrogen (secondary N) is 10. The smallest absolute Gasteiger partial charge is 0.748 e. The van der Waals surface area contributed by atoms with Crippen LogP contribution in [0, 0.1) is 0 Å². The van der Waals surface area contributed by atoms with E-state index in [-0.39, 0.29) is 405 Å². The Morgan fingerprint density at radius 3 is 0.674 bits per heavy atom. The van der Waals surface area contributed by atoms with Crippen molar-refractivity contribution in [2.45, 2.75) is 64.6 Å². The van der Waals surface area contributed by atoms with Crippen LogP contribution in [0.5, 0.6) is 0 Å². The van der Waals surface area contributed by atoms with Crippen LogP contribution in [0.25, 0.3) is 24.3 Å². The Morgan fingerprint density at radius 1 is 0.303 bits per heavy atom. The zero-order chi connectivity index (χ0) is 91.5. The molecule has 3 unspecified atom stereocenters. The Balaban J connectivity index is -0.00000110. The number of aromatic nitrogens is 12. The molecule has 4 heterocycles. The van der Waals surface area contributed by atoms with Gasteiger partial charge in [-0.2, -0.15) is 59.8 Å². The molecule has 0 spiro atoms. The number of benzene rings is 4. The van der Waals surface area contributed by atoms with E-state index in [1.54, 1.807) is 0 Å². The first-order valence-electron chi connectivity index (χ1n) is 34.2. The summed E-state index contributed by atoms with van der Waals surface area (Å²) in [5.41, 5.74) is 3.79. The van der Waals surface area contributed by atoms with Gasteiger partial charge in [-0.3, -0.25) is 0 Å². The minimum Gasteiger partial charge on any atom is -0.748 e. The molecule has 4 aromatic carbocycles. The largest absolute Gasteiger partial charge is 1.00 e. The maximum absolute atomic E-state index is 12.4. The average molecular weight is 2120 g/mol. The molecule has 0 aliphatic carbocycles. The fourth-order valence-electron chi connectivity index (χ4n) is 9.21. The number of aliphatic hydroxyl groups excluding tert-OH is 6. The van der Waals surface area contributed by atoms with Crippen LogP contribution in [0.4, 0.5) is 82.2 Å². The third-order valence-corrected chi connectivity index (χ3v) is 21.4. The molecule has 0 saturated heterocycles. The minimum atomic E-state index is -5.27. The third-order valence-electron chi connectivity index (χ3n) is 14.7. The van der Waals surface area contributed by atoms with Crippen molar-refractivity contribution >= 4 is 211 Å². The molecule has 0 radical (unpaired) electrons. The second-order valence-corrected chi connectivity index (χ2v) is 36.5. The normalized spacial score (nSPS) is 12.1. The number of halogens is 2. The molecule has 0 fully saturated rings. The van der Waals surface area contributed by atoms with Crippen LogP contribution in [-0.2, 0) is 80.9 Å². The van der Waals surface area contributed by atoms with Crippen LogP contribution in [0.2, 0.25) is 10.6 Å². The molecule has 0 aliphatic rings. The van der Waals surface area contributed by atoms with Gasteiger partial charge in [-0.1, -0.05) is 56.0 Å². The molecule has 3 atom stereocenters. The summed E-state index contributed by atoms with van der Waals surface area (Å²) in [7, 11) is -39.2. The van der Waals surface area contributed by atoms with Crippen LogP contribution in [-0.4, -0.2) is 301 Å². The van der Waals surface area contributed by atoms with Crippen molar-refractivity contribution in [2.75, 3.05) is 142 Å². The molecule has 8 aromatic rings. The molecule has 71 heteroatoms. The summed E-state index contributed by atoms with van der Waals surface area (Å²) < 4.78 is 279. The first-order valence-corrected chi connectivity index (χ1v) is 46.9. The van der Waals surface area contributed by atoms with Crippen LogP contribution < -0.4 is 295 Å². The van der Waals surface area contributed by atoms with E-state index in [1.165, 1.54) is 24.3 Å². The van der Waals surface area contributed by atoms with Gasteiger partial charge in [0.05, 0.1) is 121 Å². The van der Waals surface area contributed by atoms with Crippen molar-refractivity contribution in [3.63, 3.8) is 0 Å². The molecule has 0 saturated carbocycles. The number of anilines is 14. The van der Waals surface area contributed by atoms with E-state index in [9.17, 15) is 114 Å². The number of hydrogen-bond acceptors (Lipinski definition) is 53. The Hall–Kier alpha value is -2.02. The predicted molar refractivity (Wildman–Crippen MR) is 436 cm³/mol. The molecular formula is C61H75Cl2N23Na8O30S8. The first kappa shape index (κ1) is 136. The fourth-order valence-corrected chi connectivity index (χ4v) is 13.7. The molecule has 4 aromatic heterocycles. The molecule has 0 amide bonds. The average Bonchev–Trinajstić information content (AvgIpc) is 0.799. The Kier molecular flexibility index (Phi) is 65.8. The zero-order valence-electron chi connectivity index (χ0n) is 70.4. The van der Waals surface area contributed by atoms with E-state index in [2.05, 4.69) is 113 Å². The van der Waals surface area contributed by atoms with E-state index in [4.69, 9.17) is 49.4 Å². The van der Waals surface area contributed by atoms with E-state index in [0.717, 1.165) is 72.8 Å². The van der Waals surface area contributed by atoms with Crippen LogP contribution in [0.1, 0.15) is 48.9 Å². The van der Waals surface area contributed by atoms with Crippen molar-refractivity contribution in [1.82, 2.24) is 59.8 Å². The molecular weight excluding hydrogens is 2050 g/mol. The van der Waals surface area contributed by atoms with Crippen molar-refractivity contribution < 1.29 is 371 Å². The Bertz CT molecular complexity index is 5750. The summed E-state index contributed by atoms with van der Waals surface area (Å²) in [4.78, 5) is 44.0. The Morgan fingerprint density at radius 2 is 0.485 bits per heavy atom. The maximum atomic E-state index is 12.4. The SMILES string of the molecule is C.NCCC(O)CO.O=S(=O)([O-])CCNc1nc(Cl)nc(Nc2ccc(C=Cc3ccc(Nc4nc(Cl)nc(NCCS(=O)(=O)[O-])n4)cc3S(=O)(=O)[O-])c(S(=O)(=O)[O-])c2)n1.O=S(=O)([O-])CCNc1nc(NCCC(O)CO)nc(Nc2ccc(C=Cc3ccc(Nc4nc(NCCC(O)CO)nc(NCCS(=O)(=O)[O-])n4)cc3S(=O)(=O)[O-])c(S(=O)(=O)[O-])c2)n1.[Na+].[Na+].[Na+].[Na+].[Na+].[Na+].[Na+].[Na+]. The number of nitrogens with two attached hydrogens (primary N) is 1. The van der Waals surface area contributed by atoms with Crippen molar-refractivity contribution in [3.8, 4) is 0 Å². The first-order chi connectivity index (χ1) is 57.2. The van der Waals surface area contributed by atoms with Gasteiger partial charge in [0.25, 0.3) is 0 Å². The second kappa shape index (κ2) is 63.8. The van der Waals surface area contributed by atoms with Crippen molar-refractivity contribution in [2.24, 2.45) is 5.73 Å². The molecule has 0 bridgehead atoms. The summed E-state index contributed by atoms with van der Waals surface area (Å²) in [5, 5.41) is 79.3. The summed E-state index contributed by atoms with van der Waals surface area (Å²) in [6.45, 7) is -2.30. The number of aliphatic hydroxyl groups is 6. The summed E-state index contributed by atoms with van der Waals surface area (Å²) in [5.74, 6) is -5.62. The summed E-state index contributed by atoms with van der Waals surface area (Å²) >= 11 is 11.7. The van der Waals surface area contributed by atoms with Crippen LogP contribution in [0.3, 0.4) is 0 Å². The van der Waals surface area contributed by atoms with Crippen LogP contribution in [0.15, 0.2) is 92.4 Å². The maximum Gasteiger partial charge on any atom is 1.00 e. The van der Waals surface area contributed by atoms with E-state index in [0.29, 0.717) is 13.0 Å². The summed E-state index contributed by atoms with van der Waals surface area (Å²) in [6.07, 6.45) is 2.01. The Labute approximate surface area is 945 Å². The van der Waals surface area contributed by atoms with Crippen molar-refractivity contribution in [3.05, 3.63) is 106 Å². The monoisotopic (exact) mass is 2120 g/mol. The molecule has 132 heavy (non-hydrogen) atoms. The van der Waals surface area contributed by atoms with E-state index < -0.39 is 168 Å². The molecule has 18 N–H and O–H groups in total. The number of nitrogens with zero attached hydrogens (tertiary/aromatic N) is 12. The number of rotatable bonds is 45. The van der Waals surface area contributed by atoms with Gasteiger partial charge in [0.2, 0.25) is 70.1 Å². The molecule has 0 aliphatic heterocycles. The predicted octanol–water partition coefficient (Wildman–Crippen LogP) is -26.2. The van der Waals surface area contributed by atoms with Crippen LogP contribution >= 0.6 is 23.2 Å². The van der Waals surface area contributed by atoms with Gasteiger partial charge in [0.1, 0.15) is 40.5 Å². The molecule has 8 rings (SSSR count). The standard InChI is InChI=1S/C32H44N12O16S4.C24H24Cl2N10O12S4.C4H11NO2.CH4.8Na/c45-17-23(47)7-9-33-27-39-29(35-11-13-61(49,50)51)43-31(41-27)37-21-5-3-19(25(15-21)63(55,56)57)1-2-20-4-6-22(16-26(20)64(58,59)60)38-32-42-28(34-10-8-24(48)18-46)40-30(44-32)36-12-14-62(52,53)54;25-19-31-21(27-7-9-49(37,38)39)35-23(33-19)29-15-5-3-13(17(11-15)51(43,44)45)1-2-14-4-6-16(12-18(14)52(46,47)48)30-24-34-20(26)32-22(36-24)28-8-10-50(40,41)42;5-2-1-4(7)3-6;;;;;;;;;/h1-6,15-16,23-24,45-48H,7-14,17-18H2,(H,49,50,51)(H,52,53,54)(H,55,56,57)(H,58,59,60)(H3,33,35,37,39,41,43)(H3,34,36,38,40,42,44);1-6,11-12H,7-10H2,(H,37,38,39)(H,40,41,42)(H,43,44,45)(H,46,47,48)(H2,27,29,31,33,35)(H2,28,30,32,34,36);4,6-7H,1-3,5H2;1H4;;;;;;;;/q;;;;8*+1/p-8. The van der Waals surface area contributed by atoms with Gasteiger partial charge >= 0.3 is 236 Å². The molecule has 53 nitrogen and oxygen atoms in total. The van der Waals surface area contributed by atoms with Gasteiger partial charge in [-0.15, -0.1) is 0 Å². The quantitative estimate of drug-likeness (QED) is 0.00957.